The molecule has 0 spiro atoms. The molecule has 1 unspecified atom stereocenters. The highest BCUT2D eigenvalue weighted by Crippen LogP contribution is 2.25. The third-order valence-corrected chi connectivity index (χ3v) is 6.37. The van der Waals surface area contributed by atoms with Gasteiger partial charge in [-0.05, 0) is 23.8 Å². The number of hydrogen-bond acceptors (Lipinski definition) is 7. The fourth-order valence-corrected chi connectivity index (χ4v) is 4.33. The van der Waals surface area contributed by atoms with Gasteiger partial charge in [0.25, 0.3) is 11.5 Å². The van der Waals surface area contributed by atoms with Gasteiger partial charge in [-0.1, -0.05) is 23.7 Å². The minimum atomic E-state index is -0.605. The molecular formula is C23H24ClN5O5. The van der Waals surface area contributed by atoms with Crippen LogP contribution >= 0.6 is 11.6 Å². The lowest BCUT2D eigenvalue weighted by Crippen LogP contribution is -2.51. The number of esters is 1. The molecule has 34 heavy (non-hydrogen) atoms. The lowest BCUT2D eigenvalue weighted by Gasteiger charge is -2.38. The Labute approximate surface area is 199 Å². The summed E-state index contributed by atoms with van der Waals surface area (Å²) in [6.45, 7) is 1.66. The van der Waals surface area contributed by atoms with Crippen molar-refractivity contribution >= 4 is 34.5 Å². The lowest BCUT2D eigenvalue weighted by atomic mass is 10.0. The molecule has 10 nitrogen and oxygen atoms in total. The number of halogens is 1. The van der Waals surface area contributed by atoms with Gasteiger partial charge in [-0.2, -0.15) is 0 Å². The Bertz CT molecular complexity index is 1370. The number of ether oxygens (including phenoxy) is 1. The van der Waals surface area contributed by atoms with Gasteiger partial charge in [-0.25, -0.2) is 14.6 Å². The molecule has 1 aliphatic heterocycles. The van der Waals surface area contributed by atoms with E-state index in [-0.39, 0.29) is 28.5 Å². The van der Waals surface area contributed by atoms with Crippen LogP contribution in [0.25, 0.3) is 11.0 Å². The zero-order valence-electron chi connectivity index (χ0n) is 19.0. The van der Waals surface area contributed by atoms with Crippen molar-refractivity contribution in [2.45, 2.75) is 6.04 Å². The molecule has 3 aromatic rings. The quantitative estimate of drug-likeness (QED) is 0.506. The maximum atomic E-state index is 13.1. The van der Waals surface area contributed by atoms with E-state index in [1.807, 2.05) is 4.90 Å². The summed E-state index contributed by atoms with van der Waals surface area (Å²) in [6, 6.07) is 7.89. The van der Waals surface area contributed by atoms with E-state index in [2.05, 4.69) is 4.98 Å². The first-order valence-corrected chi connectivity index (χ1v) is 11.0. The summed E-state index contributed by atoms with van der Waals surface area (Å²) in [5.41, 5.74) is 0.253. The molecule has 0 N–H and O–H groups in total. The fourth-order valence-electron chi connectivity index (χ4n) is 4.20. The first kappa shape index (κ1) is 23.7. The van der Waals surface area contributed by atoms with Crippen molar-refractivity contribution in [3.05, 3.63) is 73.5 Å². The number of fused-ring (bicyclic) bond motifs is 1. The Kier molecular flexibility index (Phi) is 6.54. The Balaban J connectivity index is 1.54. The number of carbonyl (C=O) groups excluding carboxylic acids is 2. The number of carbonyl (C=O) groups is 2. The second kappa shape index (κ2) is 9.40. The van der Waals surface area contributed by atoms with Gasteiger partial charge in [-0.15, -0.1) is 0 Å². The number of nitrogens with zero attached hydrogens (tertiary/aromatic N) is 5. The molecule has 4 rings (SSSR count). The molecule has 1 saturated heterocycles. The Hall–Kier alpha value is -3.50. The number of amides is 1. The maximum absolute atomic E-state index is 13.1. The minimum Gasteiger partial charge on any atom is -0.468 e. The van der Waals surface area contributed by atoms with Crippen molar-refractivity contribution in [1.82, 2.24) is 23.9 Å². The molecular weight excluding hydrogens is 462 g/mol. The van der Waals surface area contributed by atoms with Gasteiger partial charge >= 0.3 is 11.7 Å². The second-order valence-electron chi connectivity index (χ2n) is 8.11. The van der Waals surface area contributed by atoms with Gasteiger partial charge in [0.05, 0.1) is 18.1 Å². The first-order chi connectivity index (χ1) is 16.2. The number of aryl methyl sites for hydroxylation is 1. The summed E-state index contributed by atoms with van der Waals surface area (Å²) in [7, 11) is 4.25. The number of methoxy groups -OCH3 is 1. The molecule has 1 aliphatic rings. The van der Waals surface area contributed by atoms with Gasteiger partial charge in [-0.3, -0.25) is 23.6 Å². The molecule has 1 aromatic carbocycles. The van der Waals surface area contributed by atoms with Crippen LogP contribution < -0.4 is 11.2 Å². The van der Waals surface area contributed by atoms with E-state index in [1.165, 1.54) is 38.0 Å². The van der Waals surface area contributed by atoms with Crippen LogP contribution in [0.1, 0.15) is 22.0 Å². The largest absolute Gasteiger partial charge is 0.468 e. The van der Waals surface area contributed by atoms with E-state index in [0.717, 1.165) is 10.1 Å². The molecule has 0 saturated carbocycles. The highest BCUT2D eigenvalue weighted by Gasteiger charge is 2.32. The number of rotatable bonds is 4. The zero-order chi connectivity index (χ0) is 24.6. The van der Waals surface area contributed by atoms with Gasteiger partial charge in [0.2, 0.25) is 0 Å². The van der Waals surface area contributed by atoms with Crippen LogP contribution in [0.2, 0.25) is 5.02 Å². The van der Waals surface area contributed by atoms with Crippen LogP contribution in [-0.2, 0) is 23.6 Å². The molecule has 1 atom stereocenters. The molecule has 0 bridgehead atoms. The van der Waals surface area contributed by atoms with Crippen molar-refractivity contribution in [3.63, 3.8) is 0 Å². The highest BCUT2D eigenvalue weighted by atomic mass is 35.5. The van der Waals surface area contributed by atoms with E-state index in [0.29, 0.717) is 31.2 Å². The normalized spacial score (nSPS) is 15.4. The van der Waals surface area contributed by atoms with E-state index < -0.39 is 17.3 Å². The fraction of sp³-hybridized carbons (Fsp3) is 0.348. The Morgan fingerprint density at radius 1 is 1.03 bits per heavy atom. The summed E-state index contributed by atoms with van der Waals surface area (Å²) in [5, 5.41) is 0.768. The van der Waals surface area contributed by atoms with Crippen LogP contribution in [0.4, 0.5) is 0 Å². The average molecular weight is 486 g/mol. The van der Waals surface area contributed by atoms with Crippen LogP contribution in [-0.4, -0.2) is 69.1 Å². The molecule has 0 aliphatic carbocycles. The second-order valence-corrected chi connectivity index (χ2v) is 8.54. The zero-order valence-corrected chi connectivity index (χ0v) is 19.8. The highest BCUT2D eigenvalue weighted by molar-refractivity contribution is 6.30. The van der Waals surface area contributed by atoms with Crippen LogP contribution in [0, 0.1) is 0 Å². The third kappa shape index (κ3) is 4.22. The Morgan fingerprint density at radius 2 is 1.68 bits per heavy atom. The average Bonchev–Trinajstić information content (AvgIpc) is 2.87. The number of hydrogen-bond donors (Lipinski definition) is 0. The van der Waals surface area contributed by atoms with Gasteiger partial charge < -0.3 is 9.64 Å². The van der Waals surface area contributed by atoms with Crippen LogP contribution in [0.3, 0.4) is 0 Å². The monoisotopic (exact) mass is 485 g/mol. The van der Waals surface area contributed by atoms with Crippen molar-refractivity contribution < 1.29 is 14.3 Å². The van der Waals surface area contributed by atoms with Crippen molar-refractivity contribution in [3.8, 4) is 0 Å². The summed E-state index contributed by atoms with van der Waals surface area (Å²) >= 11 is 5.98. The predicted octanol–water partition coefficient (Wildman–Crippen LogP) is 0.958. The molecule has 3 heterocycles. The third-order valence-electron chi connectivity index (χ3n) is 6.12. The van der Waals surface area contributed by atoms with Crippen LogP contribution in [0.15, 0.2) is 46.1 Å². The van der Waals surface area contributed by atoms with Crippen molar-refractivity contribution in [2.75, 3.05) is 33.3 Å². The molecule has 2 aromatic heterocycles. The lowest BCUT2D eigenvalue weighted by molar-refractivity contribution is -0.148. The maximum Gasteiger partial charge on any atom is 0.332 e. The summed E-state index contributed by atoms with van der Waals surface area (Å²) in [4.78, 5) is 58.2. The van der Waals surface area contributed by atoms with E-state index >= 15 is 0 Å². The molecule has 11 heteroatoms. The van der Waals surface area contributed by atoms with E-state index in [9.17, 15) is 19.2 Å². The number of benzene rings is 1. The molecule has 178 valence electrons. The predicted molar refractivity (Wildman–Crippen MR) is 126 cm³/mol. The SMILES string of the molecule is COC(=O)C(c1ccc(Cl)cc1)N1CCN(C(=O)c2cnc3c(c2)c(=O)n(C)c(=O)n3C)CC1. The minimum absolute atomic E-state index is 0.197. The summed E-state index contributed by atoms with van der Waals surface area (Å²) < 4.78 is 7.27. The smallest absolute Gasteiger partial charge is 0.332 e. The van der Waals surface area contributed by atoms with E-state index in [4.69, 9.17) is 16.3 Å². The van der Waals surface area contributed by atoms with Crippen molar-refractivity contribution in [2.24, 2.45) is 14.1 Å². The Morgan fingerprint density at radius 3 is 2.29 bits per heavy atom. The number of piperazine rings is 1. The molecule has 1 fully saturated rings. The van der Waals surface area contributed by atoms with Gasteiger partial charge in [0.15, 0.2) is 0 Å². The molecule has 1 amide bonds. The topological polar surface area (TPSA) is 107 Å². The van der Waals surface area contributed by atoms with Gasteiger partial charge in [0, 0.05) is 51.5 Å². The van der Waals surface area contributed by atoms with E-state index in [1.54, 1.807) is 29.2 Å². The number of pyridine rings is 1. The molecule has 0 radical (unpaired) electrons. The van der Waals surface area contributed by atoms with Gasteiger partial charge in [0.1, 0.15) is 11.7 Å². The first-order valence-electron chi connectivity index (χ1n) is 10.6. The summed E-state index contributed by atoms with van der Waals surface area (Å²) in [5.74, 6) is -0.659. The van der Waals surface area contributed by atoms with Crippen molar-refractivity contribution in [1.29, 1.82) is 0 Å². The number of aromatic nitrogens is 3. The summed E-state index contributed by atoms with van der Waals surface area (Å²) in [6.07, 6.45) is 1.38. The standard InChI is InChI=1S/C23H24ClN5O5/c1-26-19-17(21(31)27(2)23(26)33)12-15(13-25-19)20(30)29-10-8-28(9-11-29)18(22(32)34-3)14-4-6-16(24)7-5-14/h4-7,12-13,18H,8-11H2,1-3H3. The van der Waals surface area contributed by atoms with Crippen LogP contribution in [0.5, 0.6) is 0 Å².